The summed E-state index contributed by atoms with van der Waals surface area (Å²) in [4.78, 5) is 26.5. The fraction of sp³-hybridized carbons (Fsp3) is 0.391. The maximum Gasteiger partial charge on any atom is 0.254 e. The first-order valence-electron chi connectivity index (χ1n) is 9.99. The number of amides is 2. The van der Waals surface area contributed by atoms with E-state index in [0.717, 1.165) is 11.3 Å². The number of carbonyl (C=O) groups excluding carboxylic acids is 2. The van der Waals surface area contributed by atoms with Gasteiger partial charge in [-0.1, -0.05) is 30.3 Å². The van der Waals surface area contributed by atoms with Crippen molar-refractivity contribution in [1.82, 2.24) is 10.2 Å². The van der Waals surface area contributed by atoms with Crippen LogP contribution in [0, 0.1) is 0 Å². The van der Waals surface area contributed by atoms with E-state index in [2.05, 4.69) is 5.32 Å². The predicted molar refractivity (Wildman–Crippen MR) is 111 cm³/mol. The number of hydrogen-bond donors (Lipinski definition) is 1. The monoisotopic (exact) mass is 396 g/mol. The van der Waals surface area contributed by atoms with Crippen LogP contribution in [0.2, 0.25) is 0 Å². The lowest BCUT2D eigenvalue weighted by Gasteiger charge is -2.35. The Kier molecular flexibility index (Phi) is 7.25. The van der Waals surface area contributed by atoms with E-state index in [9.17, 15) is 9.59 Å². The Labute approximate surface area is 171 Å². The maximum atomic E-state index is 12.7. The number of rotatable bonds is 7. The summed E-state index contributed by atoms with van der Waals surface area (Å²) in [6.07, 6.45) is 0.380. The molecule has 2 aromatic rings. The van der Waals surface area contributed by atoms with Gasteiger partial charge in [0, 0.05) is 25.2 Å². The molecular formula is C23H28N2O4. The summed E-state index contributed by atoms with van der Waals surface area (Å²) in [5, 5.41) is 2.88. The van der Waals surface area contributed by atoms with Gasteiger partial charge in [-0.05, 0) is 43.7 Å². The molecule has 29 heavy (non-hydrogen) atoms. The fourth-order valence-electron chi connectivity index (χ4n) is 3.36. The zero-order valence-electron chi connectivity index (χ0n) is 17.0. The number of para-hydroxylation sites is 1. The highest BCUT2D eigenvalue weighted by Gasteiger charge is 2.26. The van der Waals surface area contributed by atoms with Gasteiger partial charge >= 0.3 is 0 Å². The molecule has 3 rings (SSSR count). The Hall–Kier alpha value is -2.86. The number of morpholine rings is 1. The van der Waals surface area contributed by atoms with E-state index in [4.69, 9.17) is 9.47 Å². The van der Waals surface area contributed by atoms with Gasteiger partial charge in [0.1, 0.15) is 5.75 Å². The van der Waals surface area contributed by atoms with E-state index in [0.29, 0.717) is 38.2 Å². The Morgan fingerprint density at radius 2 is 1.69 bits per heavy atom. The molecule has 0 spiro atoms. The summed E-state index contributed by atoms with van der Waals surface area (Å²) in [6, 6.07) is 16.8. The SMILES string of the molecule is CC1CN(C(=O)c2ccc(CNC(=O)CCOc3ccccc3)cc2)CC(C)O1. The molecule has 1 saturated heterocycles. The summed E-state index contributed by atoms with van der Waals surface area (Å²) < 4.78 is 11.2. The van der Waals surface area contributed by atoms with Crippen LogP contribution in [0.25, 0.3) is 0 Å². The van der Waals surface area contributed by atoms with Crippen LogP contribution < -0.4 is 10.1 Å². The van der Waals surface area contributed by atoms with Crippen LogP contribution in [0.1, 0.15) is 36.2 Å². The molecule has 0 radical (unpaired) electrons. The minimum atomic E-state index is -0.0719. The van der Waals surface area contributed by atoms with Gasteiger partial charge in [-0.3, -0.25) is 9.59 Å². The Balaban J connectivity index is 1.43. The van der Waals surface area contributed by atoms with E-state index in [1.54, 1.807) is 0 Å². The van der Waals surface area contributed by atoms with Crippen molar-refractivity contribution in [2.75, 3.05) is 19.7 Å². The largest absolute Gasteiger partial charge is 0.493 e. The van der Waals surface area contributed by atoms with Gasteiger partial charge in [0.05, 0.1) is 25.2 Å². The number of hydrogen-bond acceptors (Lipinski definition) is 4. The minimum Gasteiger partial charge on any atom is -0.493 e. The van der Waals surface area contributed by atoms with Gasteiger partial charge in [-0.25, -0.2) is 0 Å². The summed E-state index contributed by atoms with van der Waals surface area (Å²) in [5.41, 5.74) is 1.60. The molecule has 0 aliphatic carbocycles. The van der Waals surface area contributed by atoms with Crippen LogP contribution in [-0.4, -0.2) is 48.6 Å². The van der Waals surface area contributed by atoms with Crippen molar-refractivity contribution in [3.05, 3.63) is 65.7 Å². The normalized spacial score (nSPS) is 18.9. The van der Waals surface area contributed by atoms with Crippen LogP contribution >= 0.6 is 0 Å². The molecule has 1 heterocycles. The maximum absolute atomic E-state index is 12.7. The molecule has 6 nitrogen and oxygen atoms in total. The average Bonchev–Trinajstić information content (AvgIpc) is 2.72. The molecule has 1 aliphatic rings. The van der Waals surface area contributed by atoms with Crippen LogP contribution in [0.3, 0.4) is 0 Å². The summed E-state index contributed by atoms with van der Waals surface area (Å²) >= 11 is 0. The summed E-state index contributed by atoms with van der Waals surface area (Å²) in [5.74, 6) is 0.697. The molecule has 6 heteroatoms. The highest BCUT2D eigenvalue weighted by Crippen LogP contribution is 2.15. The second-order valence-corrected chi connectivity index (χ2v) is 7.35. The third kappa shape index (κ3) is 6.32. The van der Waals surface area contributed by atoms with Crippen molar-refractivity contribution in [2.24, 2.45) is 0 Å². The second kappa shape index (κ2) is 10.1. The molecule has 1 aliphatic heterocycles. The van der Waals surface area contributed by atoms with E-state index in [1.165, 1.54) is 0 Å². The molecule has 0 bridgehead atoms. The Morgan fingerprint density at radius 3 is 2.34 bits per heavy atom. The molecule has 0 aromatic heterocycles. The van der Waals surface area contributed by atoms with E-state index in [-0.39, 0.29) is 24.0 Å². The van der Waals surface area contributed by atoms with Crippen LogP contribution in [0.5, 0.6) is 5.75 Å². The number of nitrogens with zero attached hydrogens (tertiary/aromatic N) is 1. The second-order valence-electron chi connectivity index (χ2n) is 7.35. The quantitative estimate of drug-likeness (QED) is 0.781. The first-order valence-corrected chi connectivity index (χ1v) is 9.99. The lowest BCUT2D eigenvalue weighted by molar-refractivity contribution is -0.121. The third-order valence-electron chi connectivity index (χ3n) is 4.74. The van der Waals surface area contributed by atoms with Gasteiger partial charge in [0.2, 0.25) is 5.91 Å². The zero-order valence-corrected chi connectivity index (χ0v) is 17.0. The van der Waals surface area contributed by atoms with Crippen molar-refractivity contribution in [3.8, 4) is 5.75 Å². The molecule has 1 N–H and O–H groups in total. The average molecular weight is 396 g/mol. The predicted octanol–water partition coefficient (Wildman–Crippen LogP) is 3.02. The van der Waals surface area contributed by atoms with Crippen LogP contribution in [-0.2, 0) is 16.1 Å². The van der Waals surface area contributed by atoms with Gasteiger partial charge in [0.25, 0.3) is 5.91 Å². The molecule has 1 fully saturated rings. The van der Waals surface area contributed by atoms with Gasteiger partial charge in [-0.2, -0.15) is 0 Å². The zero-order chi connectivity index (χ0) is 20.6. The lowest BCUT2D eigenvalue weighted by Crippen LogP contribution is -2.48. The molecular weight excluding hydrogens is 368 g/mol. The molecule has 154 valence electrons. The van der Waals surface area contributed by atoms with E-state index < -0.39 is 0 Å². The topological polar surface area (TPSA) is 67.9 Å². The minimum absolute atomic E-state index is 0.0145. The molecule has 2 amide bonds. The number of nitrogens with one attached hydrogen (secondary N) is 1. The summed E-state index contributed by atoms with van der Waals surface area (Å²) in [7, 11) is 0. The molecule has 2 unspecified atom stereocenters. The highest BCUT2D eigenvalue weighted by molar-refractivity contribution is 5.94. The van der Waals surface area contributed by atoms with Crippen molar-refractivity contribution < 1.29 is 19.1 Å². The first kappa shape index (κ1) is 20.9. The standard InChI is InChI=1S/C23H28N2O4/c1-17-15-25(16-18(2)29-17)23(27)20-10-8-19(9-11-20)14-24-22(26)12-13-28-21-6-4-3-5-7-21/h3-11,17-18H,12-16H2,1-2H3,(H,24,26). The Morgan fingerprint density at radius 1 is 1.03 bits per heavy atom. The number of benzene rings is 2. The van der Waals surface area contributed by atoms with Gasteiger partial charge in [0.15, 0.2) is 0 Å². The van der Waals surface area contributed by atoms with Gasteiger partial charge < -0.3 is 19.7 Å². The van der Waals surface area contributed by atoms with E-state index in [1.807, 2.05) is 73.3 Å². The smallest absolute Gasteiger partial charge is 0.254 e. The third-order valence-corrected chi connectivity index (χ3v) is 4.74. The fourth-order valence-corrected chi connectivity index (χ4v) is 3.36. The number of carbonyl (C=O) groups is 2. The van der Waals surface area contributed by atoms with Crippen molar-refractivity contribution in [2.45, 2.75) is 39.0 Å². The van der Waals surface area contributed by atoms with Crippen LogP contribution in [0.15, 0.2) is 54.6 Å². The van der Waals surface area contributed by atoms with E-state index >= 15 is 0 Å². The molecule has 2 aromatic carbocycles. The van der Waals surface area contributed by atoms with Crippen molar-refractivity contribution in [1.29, 1.82) is 0 Å². The van der Waals surface area contributed by atoms with Gasteiger partial charge in [-0.15, -0.1) is 0 Å². The number of ether oxygens (including phenoxy) is 2. The molecule has 2 atom stereocenters. The van der Waals surface area contributed by atoms with Crippen molar-refractivity contribution in [3.63, 3.8) is 0 Å². The highest BCUT2D eigenvalue weighted by atomic mass is 16.5. The lowest BCUT2D eigenvalue weighted by atomic mass is 10.1. The first-order chi connectivity index (χ1) is 14.0. The van der Waals surface area contributed by atoms with Crippen molar-refractivity contribution >= 4 is 11.8 Å². The molecule has 0 saturated carbocycles. The summed E-state index contributed by atoms with van der Waals surface area (Å²) in [6.45, 7) is 5.92. The Bertz CT molecular complexity index is 797. The van der Waals surface area contributed by atoms with Crippen LogP contribution in [0.4, 0.5) is 0 Å².